The number of ether oxygens (including phenoxy) is 2. The number of carbonyl (C=O) groups excluding carboxylic acids is 1. The predicted octanol–water partition coefficient (Wildman–Crippen LogP) is 2.78. The molecule has 0 fully saturated rings. The SMILES string of the molecule is COC(CNC(=O)Cc1cc(I)cc(I)c1I)OC. The first-order valence-electron chi connectivity index (χ1n) is 5.43. The summed E-state index contributed by atoms with van der Waals surface area (Å²) in [6, 6.07) is 4.13. The summed E-state index contributed by atoms with van der Waals surface area (Å²) in [6.07, 6.45) is -0.0373. The first-order valence-corrected chi connectivity index (χ1v) is 8.67. The van der Waals surface area contributed by atoms with Crippen molar-refractivity contribution in [2.75, 3.05) is 20.8 Å². The monoisotopic (exact) mass is 601 g/mol. The van der Waals surface area contributed by atoms with E-state index in [1.165, 1.54) is 3.57 Å². The molecule has 1 aromatic rings. The number of benzene rings is 1. The summed E-state index contributed by atoms with van der Waals surface area (Å²) in [5.41, 5.74) is 1.04. The maximum absolute atomic E-state index is 11.9. The molecule has 0 saturated heterocycles. The van der Waals surface area contributed by atoms with Crippen molar-refractivity contribution in [2.45, 2.75) is 12.7 Å². The van der Waals surface area contributed by atoms with Crippen LogP contribution < -0.4 is 5.32 Å². The molecule has 1 N–H and O–H groups in total. The molecule has 106 valence electrons. The third-order valence-corrected chi connectivity index (χ3v) is 6.19. The van der Waals surface area contributed by atoms with Gasteiger partial charge in [0.05, 0.1) is 13.0 Å². The normalized spacial score (nSPS) is 10.8. The molecule has 1 amide bonds. The fourth-order valence-corrected chi connectivity index (χ4v) is 3.90. The molecule has 0 atom stereocenters. The minimum absolute atomic E-state index is 0.0326. The van der Waals surface area contributed by atoms with Gasteiger partial charge in [0.15, 0.2) is 6.29 Å². The summed E-state index contributed by atoms with van der Waals surface area (Å²) in [4.78, 5) is 11.9. The Morgan fingerprint density at radius 1 is 1.26 bits per heavy atom. The van der Waals surface area contributed by atoms with E-state index in [2.05, 4.69) is 79.2 Å². The number of methoxy groups -OCH3 is 2. The lowest BCUT2D eigenvalue weighted by molar-refractivity contribution is -0.126. The van der Waals surface area contributed by atoms with Crippen LogP contribution in [0.3, 0.4) is 0 Å². The predicted molar refractivity (Wildman–Crippen MR) is 99.1 cm³/mol. The molecule has 0 aliphatic heterocycles. The Kier molecular flexibility index (Phi) is 8.41. The van der Waals surface area contributed by atoms with Crippen molar-refractivity contribution in [3.05, 3.63) is 28.4 Å². The second-order valence-electron chi connectivity index (χ2n) is 3.74. The van der Waals surface area contributed by atoms with Gasteiger partial charge < -0.3 is 14.8 Å². The first kappa shape index (κ1) is 17.9. The van der Waals surface area contributed by atoms with E-state index < -0.39 is 6.29 Å². The molecule has 0 heterocycles. The van der Waals surface area contributed by atoms with Gasteiger partial charge in [0.25, 0.3) is 0 Å². The van der Waals surface area contributed by atoms with Gasteiger partial charge in [0, 0.05) is 24.9 Å². The van der Waals surface area contributed by atoms with Gasteiger partial charge in [-0.15, -0.1) is 0 Å². The molecular formula is C12H14I3NO3. The highest BCUT2D eigenvalue weighted by atomic mass is 127. The third-order valence-electron chi connectivity index (χ3n) is 2.41. The topological polar surface area (TPSA) is 47.6 Å². The van der Waals surface area contributed by atoms with Crippen molar-refractivity contribution in [1.82, 2.24) is 5.32 Å². The molecule has 1 rings (SSSR count). The minimum Gasteiger partial charge on any atom is -0.354 e. The van der Waals surface area contributed by atoms with Crippen molar-refractivity contribution in [3.63, 3.8) is 0 Å². The largest absolute Gasteiger partial charge is 0.354 e. The van der Waals surface area contributed by atoms with Crippen LogP contribution >= 0.6 is 67.8 Å². The van der Waals surface area contributed by atoms with Crippen molar-refractivity contribution in [2.24, 2.45) is 0 Å². The van der Waals surface area contributed by atoms with Crippen molar-refractivity contribution < 1.29 is 14.3 Å². The van der Waals surface area contributed by atoms with Gasteiger partial charge >= 0.3 is 0 Å². The van der Waals surface area contributed by atoms with Crippen LogP contribution in [0.5, 0.6) is 0 Å². The molecule has 0 aliphatic rings. The van der Waals surface area contributed by atoms with Crippen LogP contribution in [0.25, 0.3) is 0 Å². The van der Waals surface area contributed by atoms with Crippen LogP contribution in [0.2, 0.25) is 0 Å². The zero-order chi connectivity index (χ0) is 14.4. The Balaban J connectivity index is 2.62. The van der Waals surface area contributed by atoms with E-state index in [4.69, 9.17) is 9.47 Å². The van der Waals surface area contributed by atoms with Crippen LogP contribution in [0, 0.1) is 10.7 Å². The summed E-state index contributed by atoms with van der Waals surface area (Å²) < 4.78 is 13.5. The lowest BCUT2D eigenvalue weighted by Gasteiger charge is -2.14. The molecule has 0 bridgehead atoms. The van der Waals surface area contributed by atoms with Gasteiger partial charge in [-0.3, -0.25) is 4.79 Å². The molecule has 0 aromatic heterocycles. The Bertz CT molecular complexity index is 450. The summed E-state index contributed by atoms with van der Waals surface area (Å²) in [5.74, 6) is -0.0326. The lowest BCUT2D eigenvalue weighted by atomic mass is 10.1. The average molecular weight is 601 g/mol. The number of halogens is 3. The molecular weight excluding hydrogens is 587 g/mol. The standard InChI is InChI=1S/C12H14I3NO3/c1-18-11(19-2)6-16-10(17)4-7-3-8(13)5-9(14)12(7)15/h3,5,11H,4,6H2,1-2H3,(H,16,17). The molecule has 0 aliphatic carbocycles. The van der Waals surface area contributed by atoms with E-state index in [1.54, 1.807) is 14.2 Å². The van der Waals surface area contributed by atoms with Crippen LogP contribution in [-0.2, 0) is 20.7 Å². The molecule has 0 spiro atoms. The van der Waals surface area contributed by atoms with E-state index in [-0.39, 0.29) is 5.91 Å². The van der Waals surface area contributed by atoms with E-state index in [0.29, 0.717) is 13.0 Å². The maximum atomic E-state index is 11.9. The zero-order valence-electron chi connectivity index (χ0n) is 10.5. The summed E-state index contributed by atoms with van der Waals surface area (Å²) in [6.45, 7) is 0.351. The number of hydrogen-bond donors (Lipinski definition) is 1. The lowest BCUT2D eigenvalue weighted by Crippen LogP contribution is -2.35. The number of rotatable bonds is 6. The Labute approximate surface area is 153 Å². The maximum Gasteiger partial charge on any atom is 0.224 e. The van der Waals surface area contributed by atoms with E-state index >= 15 is 0 Å². The van der Waals surface area contributed by atoms with Crippen LogP contribution in [-0.4, -0.2) is 33.0 Å². The Morgan fingerprint density at radius 2 is 1.89 bits per heavy atom. The van der Waals surface area contributed by atoms with Crippen molar-refractivity contribution in [1.29, 1.82) is 0 Å². The minimum atomic E-state index is -0.404. The van der Waals surface area contributed by atoms with E-state index in [1.807, 2.05) is 6.07 Å². The van der Waals surface area contributed by atoms with E-state index in [0.717, 1.165) is 12.7 Å². The zero-order valence-corrected chi connectivity index (χ0v) is 17.0. The fourth-order valence-electron chi connectivity index (χ4n) is 1.43. The highest BCUT2D eigenvalue weighted by molar-refractivity contribution is 14.1. The van der Waals surface area contributed by atoms with Crippen molar-refractivity contribution in [3.8, 4) is 0 Å². The van der Waals surface area contributed by atoms with Crippen molar-refractivity contribution >= 4 is 73.7 Å². The number of amides is 1. The smallest absolute Gasteiger partial charge is 0.224 e. The third kappa shape index (κ3) is 5.98. The second-order valence-corrected chi connectivity index (χ2v) is 7.23. The average Bonchev–Trinajstić information content (AvgIpc) is 2.36. The number of hydrogen-bond acceptors (Lipinski definition) is 3. The summed E-state index contributed by atoms with van der Waals surface area (Å²) in [5, 5.41) is 2.80. The van der Waals surface area contributed by atoms with Gasteiger partial charge in [0.1, 0.15) is 0 Å². The molecule has 7 heteroatoms. The Morgan fingerprint density at radius 3 is 2.47 bits per heavy atom. The number of nitrogens with one attached hydrogen (secondary N) is 1. The highest BCUT2D eigenvalue weighted by Gasteiger charge is 2.12. The van der Waals surface area contributed by atoms with Gasteiger partial charge in [-0.2, -0.15) is 0 Å². The summed E-state index contributed by atoms with van der Waals surface area (Å²) >= 11 is 6.81. The van der Waals surface area contributed by atoms with Gasteiger partial charge in [0.2, 0.25) is 5.91 Å². The van der Waals surface area contributed by atoms with E-state index in [9.17, 15) is 4.79 Å². The fraction of sp³-hybridized carbons (Fsp3) is 0.417. The molecule has 0 unspecified atom stereocenters. The molecule has 19 heavy (non-hydrogen) atoms. The van der Waals surface area contributed by atoms with Gasteiger partial charge in [-0.25, -0.2) is 0 Å². The number of carbonyl (C=O) groups is 1. The van der Waals surface area contributed by atoms with Gasteiger partial charge in [-0.1, -0.05) is 0 Å². The molecule has 1 aromatic carbocycles. The quantitative estimate of drug-likeness (QED) is 0.311. The first-order chi connectivity index (χ1) is 8.97. The molecule has 0 saturated carbocycles. The van der Waals surface area contributed by atoms with Crippen LogP contribution in [0.1, 0.15) is 5.56 Å². The summed E-state index contributed by atoms with van der Waals surface area (Å²) in [7, 11) is 3.09. The van der Waals surface area contributed by atoms with Gasteiger partial charge in [-0.05, 0) is 85.5 Å². The van der Waals surface area contributed by atoms with Crippen LogP contribution in [0.15, 0.2) is 12.1 Å². The Hall–Kier alpha value is 0.800. The molecule has 4 nitrogen and oxygen atoms in total. The highest BCUT2D eigenvalue weighted by Crippen LogP contribution is 2.23. The van der Waals surface area contributed by atoms with Crippen LogP contribution in [0.4, 0.5) is 0 Å². The molecule has 0 radical (unpaired) electrons. The second kappa shape index (κ2) is 8.95.